The third-order valence-corrected chi connectivity index (χ3v) is 4.01. The van der Waals surface area contributed by atoms with Gasteiger partial charge in [-0.3, -0.25) is 0 Å². The van der Waals surface area contributed by atoms with Gasteiger partial charge in [-0.1, -0.05) is 19.8 Å². The first-order valence-corrected chi connectivity index (χ1v) is 6.50. The molecule has 0 unspecified atom stereocenters. The maximum Gasteiger partial charge on any atom is 0.117 e. The van der Waals surface area contributed by atoms with Crippen LogP contribution in [-0.4, -0.2) is 6.54 Å². The highest BCUT2D eigenvalue weighted by Crippen LogP contribution is 2.40. The van der Waals surface area contributed by atoms with Gasteiger partial charge in [0.05, 0.1) is 6.54 Å². The van der Waals surface area contributed by atoms with Gasteiger partial charge in [-0.05, 0) is 43.7 Å². The van der Waals surface area contributed by atoms with Gasteiger partial charge in [-0.15, -0.1) is 0 Å². The lowest BCUT2D eigenvalue weighted by Crippen LogP contribution is -2.31. The molecule has 0 aromatic carbocycles. The predicted octanol–water partition coefficient (Wildman–Crippen LogP) is 3.65. The summed E-state index contributed by atoms with van der Waals surface area (Å²) in [6.07, 6.45) is 6.92. The molecular formula is C14H23NO. The average Bonchev–Trinajstić information content (AvgIpc) is 2.89. The molecule has 0 amide bonds. The van der Waals surface area contributed by atoms with E-state index in [1.807, 2.05) is 13.0 Å². The molecule has 1 heterocycles. The first kappa shape index (κ1) is 11.7. The maximum absolute atomic E-state index is 5.55. The van der Waals surface area contributed by atoms with E-state index < -0.39 is 0 Å². The minimum absolute atomic E-state index is 0.571. The van der Waals surface area contributed by atoms with Gasteiger partial charge in [0.15, 0.2) is 0 Å². The van der Waals surface area contributed by atoms with Crippen molar-refractivity contribution in [2.24, 2.45) is 5.41 Å². The molecule has 16 heavy (non-hydrogen) atoms. The Morgan fingerprint density at radius 3 is 2.62 bits per heavy atom. The Bertz CT molecular complexity index is 323. The van der Waals surface area contributed by atoms with Crippen molar-refractivity contribution in [2.45, 2.75) is 52.5 Å². The van der Waals surface area contributed by atoms with Gasteiger partial charge in [-0.2, -0.15) is 0 Å². The molecule has 0 saturated heterocycles. The summed E-state index contributed by atoms with van der Waals surface area (Å²) >= 11 is 0. The summed E-state index contributed by atoms with van der Waals surface area (Å²) in [6, 6.07) is 4.10. The SMILES string of the molecule is CCC1(CNCc2ccc(C)o2)CCCC1. The van der Waals surface area contributed by atoms with Gasteiger partial charge in [0.2, 0.25) is 0 Å². The average molecular weight is 221 g/mol. The van der Waals surface area contributed by atoms with Crippen LogP contribution in [-0.2, 0) is 6.54 Å². The Kier molecular flexibility index (Phi) is 3.70. The maximum atomic E-state index is 5.55. The summed E-state index contributed by atoms with van der Waals surface area (Å²) in [5.41, 5.74) is 0.571. The minimum atomic E-state index is 0.571. The van der Waals surface area contributed by atoms with Crippen molar-refractivity contribution in [3.05, 3.63) is 23.7 Å². The summed E-state index contributed by atoms with van der Waals surface area (Å²) in [5, 5.41) is 3.55. The van der Waals surface area contributed by atoms with E-state index in [9.17, 15) is 0 Å². The number of rotatable bonds is 5. The van der Waals surface area contributed by atoms with Crippen molar-refractivity contribution < 1.29 is 4.42 Å². The van der Waals surface area contributed by atoms with E-state index in [0.29, 0.717) is 5.41 Å². The van der Waals surface area contributed by atoms with Gasteiger partial charge in [-0.25, -0.2) is 0 Å². The molecule has 0 aliphatic heterocycles. The van der Waals surface area contributed by atoms with Gasteiger partial charge in [0, 0.05) is 6.54 Å². The third-order valence-electron chi connectivity index (χ3n) is 4.01. The van der Waals surface area contributed by atoms with Crippen molar-refractivity contribution in [1.29, 1.82) is 0 Å². The molecule has 0 radical (unpaired) electrons. The van der Waals surface area contributed by atoms with Crippen molar-refractivity contribution in [3.63, 3.8) is 0 Å². The summed E-state index contributed by atoms with van der Waals surface area (Å²) in [6.45, 7) is 6.33. The van der Waals surface area contributed by atoms with Crippen LogP contribution in [0.2, 0.25) is 0 Å². The van der Waals surface area contributed by atoms with Gasteiger partial charge < -0.3 is 9.73 Å². The van der Waals surface area contributed by atoms with Crippen molar-refractivity contribution in [2.75, 3.05) is 6.54 Å². The Morgan fingerprint density at radius 2 is 2.06 bits per heavy atom. The zero-order valence-electron chi connectivity index (χ0n) is 10.5. The number of nitrogens with one attached hydrogen (secondary N) is 1. The molecule has 1 aromatic rings. The van der Waals surface area contributed by atoms with Gasteiger partial charge in [0.25, 0.3) is 0 Å². The molecule has 1 saturated carbocycles. The highest BCUT2D eigenvalue weighted by atomic mass is 16.3. The normalized spacial score (nSPS) is 19.1. The number of hydrogen-bond acceptors (Lipinski definition) is 2. The molecule has 0 atom stereocenters. The Hall–Kier alpha value is -0.760. The fraction of sp³-hybridized carbons (Fsp3) is 0.714. The predicted molar refractivity (Wildman–Crippen MR) is 66.3 cm³/mol. The molecule has 1 aliphatic rings. The lowest BCUT2D eigenvalue weighted by atomic mass is 9.83. The van der Waals surface area contributed by atoms with Crippen LogP contribution in [0.25, 0.3) is 0 Å². The fourth-order valence-electron chi connectivity index (χ4n) is 2.81. The quantitative estimate of drug-likeness (QED) is 0.821. The van der Waals surface area contributed by atoms with E-state index >= 15 is 0 Å². The molecule has 2 heteroatoms. The van der Waals surface area contributed by atoms with E-state index in [2.05, 4.69) is 18.3 Å². The highest BCUT2D eigenvalue weighted by molar-refractivity contribution is 5.05. The van der Waals surface area contributed by atoms with Crippen LogP contribution < -0.4 is 5.32 Å². The second kappa shape index (κ2) is 5.05. The Balaban J connectivity index is 1.78. The molecule has 1 aromatic heterocycles. The van der Waals surface area contributed by atoms with Crippen LogP contribution in [0, 0.1) is 12.3 Å². The largest absolute Gasteiger partial charge is 0.465 e. The summed E-state index contributed by atoms with van der Waals surface area (Å²) < 4.78 is 5.55. The number of furan rings is 1. The molecule has 90 valence electrons. The van der Waals surface area contributed by atoms with E-state index in [-0.39, 0.29) is 0 Å². The lowest BCUT2D eigenvalue weighted by molar-refractivity contribution is 0.264. The fourth-order valence-corrected chi connectivity index (χ4v) is 2.81. The Labute approximate surface area is 98.4 Å². The van der Waals surface area contributed by atoms with Crippen LogP contribution in [0.4, 0.5) is 0 Å². The molecule has 2 nitrogen and oxygen atoms in total. The molecule has 1 aliphatic carbocycles. The lowest BCUT2D eigenvalue weighted by Gasteiger charge is -2.27. The summed E-state index contributed by atoms with van der Waals surface area (Å²) in [5.74, 6) is 2.06. The molecular weight excluding hydrogens is 198 g/mol. The zero-order valence-corrected chi connectivity index (χ0v) is 10.5. The zero-order chi connectivity index (χ0) is 11.4. The smallest absolute Gasteiger partial charge is 0.117 e. The summed E-state index contributed by atoms with van der Waals surface area (Å²) in [7, 11) is 0. The van der Waals surface area contributed by atoms with Crippen LogP contribution in [0.1, 0.15) is 50.5 Å². The van der Waals surface area contributed by atoms with Crippen LogP contribution in [0.3, 0.4) is 0 Å². The third kappa shape index (κ3) is 2.67. The molecule has 1 fully saturated rings. The Morgan fingerprint density at radius 1 is 1.31 bits per heavy atom. The van der Waals surface area contributed by atoms with Crippen molar-refractivity contribution in [1.82, 2.24) is 5.32 Å². The summed E-state index contributed by atoms with van der Waals surface area (Å²) in [4.78, 5) is 0. The van der Waals surface area contributed by atoms with Crippen molar-refractivity contribution >= 4 is 0 Å². The van der Waals surface area contributed by atoms with E-state index in [0.717, 1.165) is 24.6 Å². The highest BCUT2D eigenvalue weighted by Gasteiger charge is 2.31. The topological polar surface area (TPSA) is 25.2 Å². The van der Waals surface area contributed by atoms with Crippen molar-refractivity contribution in [3.8, 4) is 0 Å². The molecule has 2 rings (SSSR count). The first-order valence-electron chi connectivity index (χ1n) is 6.50. The molecule has 0 spiro atoms. The number of aryl methyl sites for hydroxylation is 1. The van der Waals surface area contributed by atoms with Crippen LogP contribution >= 0.6 is 0 Å². The number of hydrogen-bond donors (Lipinski definition) is 1. The van der Waals surface area contributed by atoms with E-state index in [1.54, 1.807) is 0 Å². The second-order valence-corrected chi connectivity index (χ2v) is 5.18. The van der Waals surface area contributed by atoms with Crippen LogP contribution in [0.15, 0.2) is 16.5 Å². The van der Waals surface area contributed by atoms with Gasteiger partial charge >= 0.3 is 0 Å². The standard InChI is InChI=1S/C14H23NO/c1-3-14(8-4-5-9-14)11-15-10-13-7-6-12(2)16-13/h6-7,15H,3-5,8-11H2,1-2H3. The van der Waals surface area contributed by atoms with Gasteiger partial charge in [0.1, 0.15) is 11.5 Å². The van der Waals surface area contributed by atoms with Crippen LogP contribution in [0.5, 0.6) is 0 Å². The monoisotopic (exact) mass is 221 g/mol. The van der Waals surface area contributed by atoms with E-state index in [4.69, 9.17) is 4.42 Å². The molecule has 0 bridgehead atoms. The first-order chi connectivity index (χ1) is 7.74. The molecule has 1 N–H and O–H groups in total. The minimum Gasteiger partial charge on any atom is -0.465 e. The second-order valence-electron chi connectivity index (χ2n) is 5.18. The van der Waals surface area contributed by atoms with E-state index in [1.165, 1.54) is 32.1 Å².